The monoisotopic (exact) mass is 763 g/mol. The predicted octanol–water partition coefficient (Wildman–Crippen LogP) is 12.9. The van der Waals surface area contributed by atoms with Gasteiger partial charge in [-0.25, -0.2) is 4.57 Å². The minimum Gasteiger partial charge on any atom is -0.462 e. The quantitative estimate of drug-likeness (QED) is 0.0288. The van der Waals surface area contributed by atoms with Crippen molar-refractivity contribution in [3.63, 3.8) is 0 Å². The largest absolute Gasteiger partial charge is 0.472 e. The van der Waals surface area contributed by atoms with Crippen molar-refractivity contribution in [3.8, 4) is 0 Å². The molecule has 0 heterocycles. The molecule has 0 fully saturated rings. The molecule has 0 aromatic carbocycles. The third kappa shape index (κ3) is 39.0. The second-order valence-electron chi connectivity index (χ2n) is 13.4. The van der Waals surface area contributed by atoms with Crippen molar-refractivity contribution < 1.29 is 37.6 Å². The maximum Gasteiger partial charge on any atom is 0.472 e. The number of phosphoric acid groups is 1. The molecule has 304 valence electrons. The van der Waals surface area contributed by atoms with E-state index in [0.29, 0.717) is 6.42 Å². The Morgan fingerprint density at radius 1 is 0.547 bits per heavy atom. The zero-order valence-electron chi connectivity index (χ0n) is 33.6. The summed E-state index contributed by atoms with van der Waals surface area (Å²) < 4.78 is 31.9. The van der Waals surface area contributed by atoms with E-state index >= 15 is 0 Å². The van der Waals surface area contributed by atoms with Gasteiger partial charge in [0.25, 0.3) is 0 Å². The Kier molecular flexibility index (Phi) is 37.3. The lowest BCUT2D eigenvalue weighted by Gasteiger charge is -2.19. The van der Waals surface area contributed by atoms with Crippen LogP contribution in [0.15, 0.2) is 72.9 Å². The van der Waals surface area contributed by atoms with E-state index in [9.17, 15) is 19.0 Å². The molecule has 0 radical (unpaired) electrons. The van der Waals surface area contributed by atoms with E-state index in [-0.39, 0.29) is 25.4 Å². The number of rotatable bonds is 37. The fourth-order valence-electron chi connectivity index (χ4n) is 5.27. The first-order chi connectivity index (χ1) is 25.8. The van der Waals surface area contributed by atoms with Crippen LogP contribution in [-0.2, 0) is 32.7 Å². The van der Waals surface area contributed by atoms with Gasteiger partial charge in [-0.1, -0.05) is 145 Å². The van der Waals surface area contributed by atoms with Gasteiger partial charge in [0.1, 0.15) is 6.61 Å². The Morgan fingerprint density at radius 3 is 1.43 bits per heavy atom. The van der Waals surface area contributed by atoms with E-state index in [1.807, 2.05) is 0 Å². The zero-order valence-corrected chi connectivity index (χ0v) is 34.5. The molecule has 0 bridgehead atoms. The summed E-state index contributed by atoms with van der Waals surface area (Å²) in [5.74, 6) is -0.846. The van der Waals surface area contributed by atoms with E-state index in [1.165, 1.54) is 44.9 Å². The summed E-state index contributed by atoms with van der Waals surface area (Å²) in [5.41, 5.74) is 0. The van der Waals surface area contributed by atoms with E-state index in [2.05, 4.69) is 91.3 Å². The average molecular weight is 763 g/mol. The first-order valence-corrected chi connectivity index (χ1v) is 22.1. The van der Waals surface area contributed by atoms with Crippen molar-refractivity contribution in [2.24, 2.45) is 0 Å². The van der Waals surface area contributed by atoms with Gasteiger partial charge in [-0.15, -0.1) is 0 Å². The molecule has 0 aromatic heterocycles. The van der Waals surface area contributed by atoms with Crippen LogP contribution in [0.4, 0.5) is 0 Å². The first-order valence-electron chi connectivity index (χ1n) is 20.6. The van der Waals surface area contributed by atoms with Gasteiger partial charge in [-0.3, -0.25) is 18.6 Å². The van der Waals surface area contributed by atoms with Crippen LogP contribution in [0.3, 0.4) is 0 Å². The lowest BCUT2D eigenvalue weighted by molar-refractivity contribution is -0.161. The van der Waals surface area contributed by atoms with Crippen LogP contribution in [0.2, 0.25) is 0 Å². The van der Waals surface area contributed by atoms with Crippen LogP contribution in [0.25, 0.3) is 0 Å². The summed E-state index contributed by atoms with van der Waals surface area (Å²) in [6.45, 7) is 3.71. The number of carbonyl (C=O) groups is 2. The lowest BCUT2D eigenvalue weighted by Crippen LogP contribution is -2.29. The van der Waals surface area contributed by atoms with Gasteiger partial charge in [-0.2, -0.15) is 0 Å². The lowest BCUT2D eigenvalue weighted by atomic mass is 10.1. The second-order valence-corrected chi connectivity index (χ2v) is 14.9. The molecule has 0 amide bonds. The molecule has 0 saturated carbocycles. The topological polar surface area (TPSA) is 108 Å². The molecule has 2 unspecified atom stereocenters. The maximum atomic E-state index is 12.5. The summed E-state index contributed by atoms with van der Waals surface area (Å²) >= 11 is 0. The zero-order chi connectivity index (χ0) is 38.9. The van der Waals surface area contributed by atoms with Gasteiger partial charge in [0.2, 0.25) is 0 Å². The van der Waals surface area contributed by atoms with E-state index in [1.54, 1.807) is 0 Å². The second kappa shape index (κ2) is 39.2. The number of carbonyl (C=O) groups excluding carboxylic acids is 2. The van der Waals surface area contributed by atoms with Gasteiger partial charge in [0.15, 0.2) is 6.10 Å². The standard InChI is InChI=1S/C44H75O8P/c1-4-6-8-10-12-14-16-18-20-22-24-26-28-30-32-34-36-38-43(45)50-40-42(41-51-53(47,48)49-3)52-44(46)39-37-35-33-31-29-27-25-23-21-19-17-15-13-11-9-7-5-2/h7,9,12-15,18-21,25,27,42H,4-6,8,10-11,16-17,22-24,26,28-41H2,1-3H3,(H,47,48)/b9-7-,14-12-,15-13-,20-18-,21-19-,27-25-. The summed E-state index contributed by atoms with van der Waals surface area (Å²) in [4.78, 5) is 34.4. The van der Waals surface area contributed by atoms with Crippen molar-refractivity contribution >= 4 is 19.8 Å². The highest BCUT2D eigenvalue weighted by molar-refractivity contribution is 7.47. The van der Waals surface area contributed by atoms with Crippen molar-refractivity contribution in [2.45, 2.75) is 174 Å². The molecule has 0 aromatic rings. The number of unbranched alkanes of at least 4 members (excludes halogenated alkanes) is 14. The SMILES string of the molecule is CC/C=C\C/C=C\C/C=C\C/C=C\CCCCCCC(=O)OC(COC(=O)CCCCCCCCC/C=C\C/C=C\CCCCC)COP(=O)(O)OC. The van der Waals surface area contributed by atoms with Crippen LogP contribution < -0.4 is 0 Å². The molecule has 8 nitrogen and oxygen atoms in total. The smallest absolute Gasteiger partial charge is 0.462 e. The minimum atomic E-state index is -4.27. The molecule has 0 rings (SSSR count). The first kappa shape index (κ1) is 50.5. The Hall–Kier alpha value is -2.51. The fraction of sp³-hybridized carbons (Fsp3) is 0.682. The summed E-state index contributed by atoms with van der Waals surface area (Å²) in [6, 6.07) is 0. The fourth-order valence-corrected chi connectivity index (χ4v) is 5.73. The number of hydrogen-bond donors (Lipinski definition) is 1. The van der Waals surface area contributed by atoms with E-state index in [4.69, 9.17) is 14.0 Å². The van der Waals surface area contributed by atoms with Crippen LogP contribution in [-0.4, -0.2) is 43.3 Å². The Labute approximate surface area is 323 Å². The van der Waals surface area contributed by atoms with Crippen molar-refractivity contribution in [1.82, 2.24) is 0 Å². The average Bonchev–Trinajstić information content (AvgIpc) is 3.15. The van der Waals surface area contributed by atoms with Crippen LogP contribution in [0, 0.1) is 0 Å². The van der Waals surface area contributed by atoms with Crippen molar-refractivity contribution in [1.29, 1.82) is 0 Å². The summed E-state index contributed by atoms with van der Waals surface area (Å²) in [5, 5.41) is 0. The number of hydrogen-bond acceptors (Lipinski definition) is 7. The van der Waals surface area contributed by atoms with Gasteiger partial charge in [0, 0.05) is 20.0 Å². The van der Waals surface area contributed by atoms with E-state index in [0.717, 1.165) is 97.0 Å². The minimum absolute atomic E-state index is 0.211. The summed E-state index contributed by atoms with van der Waals surface area (Å²) in [7, 11) is -3.22. The molecular weight excluding hydrogens is 687 g/mol. The van der Waals surface area contributed by atoms with Gasteiger partial charge in [-0.05, 0) is 83.5 Å². The predicted molar refractivity (Wildman–Crippen MR) is 221 cm³/mol. The molecule has 0 aliphatic heterocycles. The molecule has 2 atom stereocenters. The van der Waals surface area contributed by atoms with Crippen LogP contribution >= 0.6 is 7.82 Å². The van der Waals surface area contributed by atoms with Gasteiger partial charge >= 0.3 is 19.8 Å². The highest BCUT2D eigenvalue weighted by atomic mass is 31.2. The van der Waals surface area contributed by atoms with Gasteiger partial charge in [0.05, 0.1) is 6.61 Å². The normalized spacial score (nSPS) is 14.1. The van der Waals surface area contributed by atoms with Gasteiger partial charge < -0.3 is 14.4 Å². The molecule has 0 aliphatic carbocycles. The molecule has 53 heavy (non-hydrogen) atoms. The Bertz CT molecular complexity index is 1090. The number of ether oxygens (including phenoxy) is 2. The molecule has 9 heteroatoms. The Morgan fingerprint density at radius 2 is 0.962 bits per heavy atom. The molecular formula is C44H75O8P. The molecule has 1 N–H and O–H groups in total. The third-order valence-corrected chi connectivity index (χ3v) is 9.37. The van der Waals surface area contributed by atoms with E-state index < -0.39 is 26.5 Å². The molecule has 0 aliphatic rings. The summed E-state index contributed by atoms with van der Waals surface area (Å²) in [6.07, 6.45) is 49.5. The maximum absolute atomic E-state index is 12.5. The number of esters is 2. The van der Waals surface area contributed by atoms with Crippen LogP contribution in [0.5, 0.6) is 0 Å². The molecule has 0 saturated heterocycles. The van der Waals surface area contributed by atoms with Crippen molar-refractivity contribution in [3.05, 3.63) is 72.9 Å². The highest BCUT2D eigenvalue weighted by Gasteiger charge is 2.24. The highest BCUT2D eigenvalue weighted by Crippen LogP contribution is 2.42. The number of allylic oxidation sites excluding steroid dienone is 12. The third-order valence-electron chi connectivity index (χ3n) is 8.43. The van der Waals surface area contributed by atoms with Crippen LogP contribution in [0.1, 0.15) is 168 Å². The number of phosphoric ester groups is 1. The molecule has 0 spiro atoms. The Balaban J connectivity index is 4.09. The van der Waals surface area contributed by atoms with Crippen molar-refractivity contribution in [2.75, 3.05) is 20.3 Å².